The van der Waals surface area contributed by atoms with Crippen molar-refractivity contribution in [1.29, 1.82) is 0 Å². The maximum Gasteiger partial charge on any atom is 0.495 e. The van der Waals surface area contributed by atoms with E-state index in [1.165, 1.54) is 9.78 Å². The summed E-state index contributed by atoms with van der Waals surface area (Å²) in [5.41, 5.74) is 3.24. The van der Waals surface area contributed by atoms with Crippen LogP contribution in [0.5, 0.6) is 0 Å². The topological polar surface area (TPSA) is 71.9 Å². The standard InChI is InChI=1S/C20H25BN2O4S/c1-12-13(17-22-15-11-23(18(24)25)10-9-16(15)28-17)7-6-8-14(12)21-26-19(2,3)20(4,5)27-21/h6-8H,9-11H2,1-5H3,(H,24,25). The van der Waals surface area contributed by atoms with Crippen LogP contribution < -0.4 is 5.46 Å². The Morgan fingerprint density at radius 3 is 2.57 bits per heavy atom. The highest BCUT2D eigenvalue weighted by Gasteiger charge is 2.52. The van der Waals surface area contributed by atoms with E-state index >= 15 is 0 Å². The van der Waals surface area contributed by atoms with Crippen molar-refractivity contribution in [1.82, 2.24) is 9.88 Å². The molecule has 0 unspecified atom stereocenters. The summed E-state index contributed by atoms with van der Waals surface area (Å²) in [5, 5.41) is 10.2. The molecule has 28 heavy (non-hydrogen) atoms. The molecule has 1 saturated heterocycles. The second-order valence-electron chi connectivity index (χ2n) is 8.45. The van der Waals surface area contributed by atoms with Gasteiger partial charge in [-0.25, -0.2) is 9.78 Å². The predicted molar refractivity (Wildman–Crippen MR) is 110 cm³/mol. The molecule has 0 bridgehead atoms. The molecular weight excluding hydrogens is 375 g/mol. The van der Waals surface area contributed by atoms with Crippen LogP contribution in [0.1, 0.15) is 43.8 Å². The average Bonchev–Trinajstić information content (AvgIpc) is 3.12. The number of thiazole rings is 1. The molecule has 1 aromatic heterocycles. The largest absolute Gasteiger partial charge is 0.495 e. The van der Waals surface area contributed by atoms with Crippen molar-refractivity contribution < 1.29 is 19.2 Å². The molecule has 1 aromatic carbocycles. The third-order valence-corrected chi connectivity index (χ3v) is 7.30. The first-order valence-electron chi connectivity index (χ1n) is 9.51. The molecule has 0 radical (unpaired) electrons. The van der Waals surface area contributed by atoms with Gasteiger partial charge in [0.15, 0.2) is 0 Å². The molecule has 0 aliphatic carbocycles. The van der Waals surface area contributed by atoms with Crippen molar-refractivity contribution in [3.8, 4) is 10.6 Å². The van der Waals surface area contributed by atoms with Gasteiger partial charge in [-0.05, 0) is 45.6 Å². The summed E-state index contributed by atoms with van der Waals surface area (Å²) in [5.74, 6) is 0. The zero-order valence-electron chi connectivity index (χ0n) is 16.9. The van der Waals surface area contributed by atoms with Gasteiger partial charge in [0.1, 0.15) is 5.01 Å². The third-order valence-electron chi connectivity index (χ3n) is 6.11. The fourth-order valence-electron chi connectivity index (χ4n) is 3.59. The Bertz CT molecular complexity index is 924. The fourth-order valence-corrected chi connectivity index (χ4v) is 4.73. The Morgan fingerprint density at radius 1 is 1.25 bits per heavy atom. The molecular formula is C20H25BN2O4S. The van der Waals surface area contributed by atoms with Gasteiger partial charge in [0.05, 0.1) is 23.4 Å². The predicted octanol–water partition coefficient (Wildman–Crippen LogP) is 3.45. The van der Waals surface area contributed by atoms with Crippen molar-refractivity contribution in [2.45, 2.75) is 58.8 Å². The van der Waals surface area contributed by atoms with Crippen LogP contribution in [0.2, 0.25) is 0 Å². The summed E-state index contributed by atoms with van der Waals surface area (Å²) in [6.07, 6.45) is -0.172. The summed E-state index contributed by atoms with van der Waals surface area (Å²) in [7, 11) is -0.415. The van der Waals surface area contributed by atoms with Gasteiger partial charge in [-0.3, -0.25) is 0 Å². The van der Waals surface area contributed by atoms with Crippen LogP contribution in [-0.2, 0) is 22.3 Å². The fraction of sp³-hybridized carbons (Fsp3) is 0.500. The number of hydrogen-bond acceptors (Lipinski definition) is 5. The summed E-state index contributed by atoms with van der Waals surface area (Å²) >= 11 is 1.65. The van der Waals surface area contributed by atoms with E-state index in [0.717, 1.165) is 33.7 Å². The van der Waals surface area contributed by atoms with E-state index in [0.29, 0.717) is 13.1 Å². The third kappa shape index (κ3) is 3.13. The van der Waals surface area contributed by atoms with Gasteiger partial charge in [0.25, 0.3) is 0 Å². The normalized spacial score (nSPS) is 20.3. The molecule has 4 rings (SSSR count). The van der Waals surface area contributed by atoms with Crippen LogP contribution in [0.25, 0.3) is 10.6 Å². The highest BCUT2D eigenvalue weighted by molar-refractivity contribution is 7.15. The molecule has 6 nitrogen and oxygen atoms in total. The minimum Gasteiger partial charge on any atom is -0.465 e. The van der Waals surface area contributed by atoms with E-state index in [4.69, 9.17) is 14.3 Å². The number of benzene rings is 1. The number of hydrogen-bond donors (Lipinski definition) is 1. The second kappa shape index (κ2) is 6.57. The van der Waals surface area contributed by atoms with Crippen LogP contribution in [0.4, 0.5) is 4.79 Å². The summed E-state index contributed by atoms with van der Waals surface area (Å²) < 4.78 is 12.5. The molecule has 148 valence electrons. The zero-order chi connectivity index (χ0) is 20.3. The van der Waals surface area contributed by atoms with E-state index < -0.39 is 13.2 Å². The molecule has 2 aromatic rings. The number of carboxylic acid groups (broad SMARTS) is 1. The lowest BCUT2D eigenvalue weighted by Gasteiger charge is -2.32. The van der Waals surface area contributed by atoms with Crippen LogP contribution in [0, 0.1) is 6.92 Å². The Labute approximate surface area is 169 Å². The van der Waals surface area contributed by atoms with Crippen molar-refractivity contribution >= 4 is 30.0 Å². The van der Waals surface area contributed by atoms with Gasteiger partial charge in [-0.2, -0.15) is 0 Å². The molecule has 1 N–H and O–H groups in total. The number of rotatable bonds is 2. The van der Waals surface area contributed by atoms with Crippen molar-refractivity contribution in [2.75, 3.05) is 6.54 Å². The maximum absolute atomic E-state index is 11.3. The molecule has 8 heteroatoms. The highest BCUT2D eigenvalue weighted by atomic mass is 32.1. The molecule has 2 aliphatic rings. The molecule has 0 saturated carbocycles. The van der Waals surface area contributed by atoms with E-state index in [1.54, 1.807) is 11.3 Å². The SMILES string of the molecule is Cc1c(B2OC(C)(C)C(C)(C)O2)cccc1-c1nc2c(s1)CCN(C(=O)O)C2. The first-order valence-corrected chi connectivity index (χ1v) is 10.3. The lowest BCUT2D eigenvalue weighted by atomic mass is 9.75. The zero-order valence-corrected chi connectivity index (χ0v) is 17.7. The lowest BCUT2D eigenvalue weighted by Crippen LogP contribution is -2.41. The quantitative estimate of drug-likeness (QED) is 0.782. The van der Waals surface area contributed by atoms with Crippen LogP contribution in [-0.4, -0.2) is 45.9 Å². The van der Waals surface area contributed by atoms with Crippen molar-refractivity contribution in [2.24, 2.45) is 0 Å². The molecule has 3 heterocycles. The van der Waals surface area contributed by atoms with Gasteiger partial charge in [0.2, 0.25) is 0 Å². The average molecular weight is 400 g/mol. The summed E-state index contributed by atoms with van der Waals surface area (Å²) in [4.78, 5) is 18.6. The molecule has 1 amide bonds. The molecule has 0 spiro atoms. The maximum atomic E-state index is 11.3. The van der Waals surface area contributed by atoms with Gasteiger partial charge in [-0.15, -0.1) is 11.3 Å². The van der Waals surface area contributed by atoms with E-state index in [1.807, 2.05) is 12.1 Å². The monoisotopic (exact) mass is 400 g/mol. The Balaban J connectivity index is 1.67. The Kier molecular flexibility index (Phi) is 4.56. The number of amides is 1. The first kappa shape index (κ1) is 19.4. The lowest BCUT2D eigenvalue weighted by molar-refractivity contribution is 0.00578. The second-order valence-corrected chi connectivity index (χ2v) is 9.53. The van der Waals surface area contributed by atoms with E-state index in [9.17, 15) is 9.90 Å². The number of fused-ring (bicyclic) bond motifs is 1. The molecule has 1 fully saturated rings. The minimum absolute atomic E-state index is 0.358. The Morgan fingerprint density at radius 2 is 1.93 bits per heavy atom. The number of nitrogens with zero attached hydrogens (tertiary/aromatic N) is 2. The van der Waals surface area contributed by atoms with Crippen LogP contribution in [0.3, 0.4) is 0 Å². The summed E-state index contributed by atoms with van der Waals surface area (Å²) in [6.45, 7) is 11.2. The first-order chi connectivity index (χ1) is 13.1. The van der Waals surface area contributed by atoms with Crippen molar-refractivity contribution in [3.63, 3.8) is 0 Å². The van der Waals surface area contributed by atoms with Crippen LogP contribution >= 0.6 is 11.3 Å². The highest BCUT2D eigenvalue weighted by Crippen LogP contribution is 2.38. The summed E-state index contributed by atoms with van der Waals surface area (Å²) in [6, 6.07) is 6.11. The minimum atomic E-state index is -0.890. The Hall–Kier alpha value is -1.90. The van der Waals surface area contributed by atoms with E-state index in [-0.39, 0.29) is 11.2 Å². The van der Waals surface area contributed by atoms with Gasteiger partial charge >= 0.3 is 13.2 Å². The van der Waals surface area contributed by atoms with Crippen LogP contribution in [0.15, 0.2) is 18.2 Å². The van der Waals surface area contributed by atoms with Crippen molar-refractivity contribution in [3.05, 3.63) is 34.3 Å². The number of aromatic nitrogens is 1. The van der Waals surface area contributed by atoms with Gasteiger partial charge < -0.3 is 19.3 Å². The smallest absolute Gasteiger partial charge is 0.465 e. The van der Waals surface area contributed by atoms with E-state index in [2.05, 4.69) is 40.7 Å². The molecule has 2 aliphatic heterocycles. The molecule has 0 atom stereocenters. The number of carbonyl (C=O) groups is 1. The van der Waals surface area contributed by atoms with Gasteiger partial charge in [-0.1, -0.05) is 18.2 Å². The van der Waals surface area contributed by atoms with Gasteiger partial charge in [0, 0.05) is 23.4 Å².